The van der Waals surface area contributed by atoms with Crippen molar-refractivity contribution in [2.45, 2.75) is 31.7 Å². The van der Waals surface area contributed by atoms with Crippen LogP contribution >= 0.6 is 11.3 Å². The number of hydrogen-bond acceptors (Lipinski definition) is 6. The summed E-state index contributed by atoms with van der Waals surface area (Å²) in [6, 6.07) is -0.324. The van der Waals surface area contributed by atoms with Crippen LogP contribution in [-0.2, 0) is 19.5 Å². The molecule has 0 aliphatic rings. The normalized spacial score (nSPS) is 13.4. The molecule has 0 saturated heterocycles. The second kappa shape index (κ2) is 7.35. The molecular formula is C13H21NO5S2. The first kappa shape index (κ1) is 18.1. The van der Waals surface area contributed by atoms with Gasteiger partial charge in [0.05, 0.1) is 13.7 Å². The lowest BCUT2D eigenvalue weighted by Crippen LogP contribution is -2.41. The summed E-state index contributed by atoms with van der Waals surface area (Å²) in [5.41, 5.74) is 0.545. The van der Waals surface area contributed by atoms with Gasteiger partial charge in [-0.1, -0.05) is 6.92 Å². The molecule has 0 fully saturated rings. The Morgan fingerprint density at radius 1 is 1.43 bits per heavy atom. The lowest BCUT2D eigenvalue weighted by atomic mass is 10.3. The van der Waals surface area contributed by atoms with Crippen molar-refractivity contribution < 1.29 is 22.7 Å². The van der Waals surface area contributed by atoms with Crippen LogP contribution in [0.5, 0.6) is 0 Å². The van der Waals surface area contributed by atoms with Gasteiger partial charge in [-0.25, -0.2) is 13.2 Å². The zero-order chi connectivity index (χ0) is 16.2. The van der Waals surface area contributed by atoms with Gasteiger partial charge in [0, 0.05) is 19.7 Å². The minimum atomic E-state index is -3.78. The highest BCUT2D eigenvalue weighted by Crippen LogP contribution is 2.31. The molecule has 0 aromatic carbocycles. The van der Waals surface area contributed by atoms with Crippen LogP contribution in [-0.4, -0.2) is 52.1 Å². The topological polar surface area (TPSA) is 72.9 Å². The fourth-order valence-electron chi connectivity index (χ4n) is 2.15. The van der Waals surface area contributed by atoms with Crippen LogP contribution < -0.4 is 0 Å². The van der Waals surface area contributed by atoms with Crippen molar-refractivity contribution in [1.29, 1.82) is 0 Å². The van der Waals surface area contributed by atoms with Gasteiger partial charge in [-0.15, -0.1) is 11.3 Å². The third-order valence-electron chi connectivity index (χ3n) is 3.07. The second-order valence-corrected chi connectivity index (χ2v) is 7.29. The second-order valence-electron chi connectivity index (χ2n) is 4.58. The van der Waals surface area contributed by atoms with Crippen molar-refractivity contribution >= 4 is 27.3 Å². The van der Waals surface area contributed by atoms with Crippen LogP contribution in [0.1, 0.15) is 29.1 Å². The molecule has 6 nitrogen and oxygen atoms in total. The monoisotopic (exact) mass is 335 g/mol. The Bertz CT molecular complexity index is 594. The molecule has 0 aliphatic carbocycles. The zero-order valence-electron chi connectivity index (χ0n) is 12.9. The number of sulfonamides is 1. The number of ether oxygens (including phenoxy) is 2. The van der Waals surface area contributed by atoms with Crippen LogP contribution in [0.4, 0.5) is 0 Å². The van der Waals surface area contributed by atoms with Gasteiger partial charge in [-0.3, -0.25) is 0 Å². The molecule has 0 saturated carbocycles. The van der Waals surface area contributed by atoms with E-state index in [0.29, 0.717) is 12.1 Å². The number of likely N-dealkylation sites (N-methyl/N-ethyl adjacent to an activating group) is 1. The summed E-state index contributed by atoms with van der Waals surface area (Å²) < 4.78 is 36.8. The van der Waals surface area contributed by atoms with E-state index in [9.17, 15) is 13.2 Å². The first-order valence-electron chi connectivity index (χ1n) is 6.48. The number of thiophene rings is 1. The van der Waals surface area contributed by atoms with Gasteiger partial charge in [-0.05, 0) is 24.8 Å². The van der Waals surface area contributed by atoms with Crippen LogP contribution in [0.2, 0.25) is 0 Å². The minimum absolute atomic E-state index is 0.0316. The molecule has 1 rings (SSSR count). The van der Waals surface area contributed by atoms with E-state index in [-0.39, 0.29) is 22.4 Å². The summed E-state index contributed by atoms with van der Waals surface area (Å²) in [6.07, 6.45) is 0. The Morgan fingerprint density at radius 2 is 2.05 bits per heavy atom. The summed E-state index contributed by atoms with van der Waals surface area (Å²) in [4.78, 5) is 11.9. The number of carbonyl (C=O) groups is 1. The van der Waals surface area contributed by atoms with Crippen LogP contribution in [0.3, 0.4) is 0 Å². The SMILES string of the molecule is CCN(C(C)COC)S(=O)(=O)c1c(C)csc1C(=O)OC. The van der Waals surface area contributed by atoms with Crippen molar-refractivity contribution in [3.63, 3.8) is 0 Å². The highest BCUT2D eigenvalue weighted by Gasteiger charge is 2.34. The van der Waals surface area contributed by atoms with Crippen LogP contribution in [0.25, 0.3) is 0 Å². The van der Waals surface area contributed by atoms with Gasteiger partial charge in [0.2, 0.25) is 10.0 Å². The van der Waals surface area contributed by atoms with Gasteiger partial charge in [0.1, 0.15) is 9.77 Å². The molecule has 21 heavy (non-hydrogen) atoms. The molecule has 0 spiro atoms. The van der Waals surface area contributed by atoms with Gasteiger partial charge in [-0.2, -0.15) is 4.31 Å². The van der Waals surface area contributed by atoms with Crippen LogP contribution in [0, 0.1) is 6.92 Å². The fourth-order valence-corrected chi connectivity index (χ4v) is 5.44. The van der Waals surface area contributed by atoms with Crippen LogP contribution in [0.15, 0.2) is 10.3 Å². The Morgan fingerprint density at radius 3 is 2.52 bits per heavy atom. The fraction of sp³-hybridized carbons (Fsp3) is 0.615. The van der Waals surface area contributed by atoms with Crippen molar-refractivity contribution in [2.75, 3.05) is 27.4 Å². The summed E-state index contributed by atoms with van der Waals surface area (Å²) in [5, 5.41) is 1.65. The molecule has 1 unspecified atom stereocenters. The number of methoxy groups -OCH3 is 2. The molecule has 0 amide bonds. The number of rotatable bonds is 7. The predicted octanol–water partition coefficient (Wildman–Crippen LogP) is 1.89. The summed E-state index contributed by atoms with van der Waals surface area (Å²) in [7, 11) is -1.03. The van der Waals surface area contributed by atoms with Gasteiger partial charge in [0.25, 0.3) is 0 Å². The van der Waals surface area contributed by atoms with E-state index in [0.717, 1.165) is 11.3 Å². The molecule has 120 valence electrons. The smallest absolute Gasteiger partial charge is 0.349 e. The number of carbonyl (C=O) groups excluding carboxylic acids is 1. The maximum atomic E-state index is 12.9. The highest BCUT2D eigenvalue weighted by molar-refractivity contribution is 7.89. The predicted molar refractivity (Wildman–Crippen MR) is 81.3 cm³/mol. The third-order valence-corrected chi connectivity index (χ3v) is 6.55. The van der Waals surface area contributed by atoms with Crippen molar-refractivity contribution in [1.82, 2.24) is 4.31 Å². The molecule has 1 atom stereocenters. The molecule has 0 bridgehead atoms. The highest BCUT2D eigenvalue weighted by atomic mass is 32.2. The standard InChI is InChI=1S/C13H21NO5S2/c1-6-14(10(3)7-18-4)21(16,17)12-9(2)8-20-11(12)13(15)19-5/h8,10H,6-7H2,1-5H3. The number of aryl methyl sites for hydroxylation is 1. The molecule has 1 heterocycles. The van der Waals surface area contributed by atoms with E-state index in [1.54, 1.807) is 26.2 Å². The van der Waals surface area contributed by atoms with Gasteiger partial charge < -0.3 is 9.47 Å². The zero-order valence-corrected chi connectivity index (χ0v) is 14.5. The molecule has 0 radical (unpaired) electrons. The lowest BCUT2D eigenvalue weighted by Gasteiger charge is -2.27. The molecule has 0 aliphatic heterocycles. The third kappa shape index (κ3) is 3.63. The number of hydrogen-bond donors (Lipinski definition) is 0. The number of nitrogens with zero attached hydrogens (tertiary/aromatic N) is 1. The maximum absolute atomic E-state index is 12.9. The van der Waals surface area contributed by atoms with Crippen molar-refractivity contribution in [3.05, 3.63) is 15.8 Å². The number of esters is 1. The Labute approximate surface area is 129 Å². The van der Waals surface area contributed by atoms with Gasteiger partial charge >= 0.3 is 5.97 Å². The summed E-state index contributed by atoms with van der Waals surface area (Å²) in [6.45, 7) is 5.77. The Kier molecular flexibility index (Phi) is 6.33. The first-order valence-corrected chi connectivity index (χ1v) is 8.80. The largest absolute Gasteiger partial charge is 0.465 e. The van der Waals surface area contributed by atoms with E-state index >= 15 is 0 Å². The van der Waals surface area contributed by atoms with Crippen molar-refractivity contribution in [3.8, 4) is 0 Å². The van der Waals surface area contributed by atoms with E-state index in [4.69, 9.17) is 4.74 Å². The van der Waals surface area contributed by atoms with Crippen molar-refractivity contribution in [2.24, 2.45) is 0 Å². The van der Waals surface area contributed by atoms with Gasteiger partial charge in [0.15, 0.2) is 0 Å². The average Bonchev–Trinajstić information content (AvgIpc) is 2.81. The Hall–Kier alpha value is -0.960. The molecule has 1 aromatic rings. The van der Waals surface area contributed by atoms with E-state index in [1.807, 2.05) is 0 Å². The molecule has 8 heteroatoms. The molecular weight excluding hydrogens is 314 g/mol. The maximum Gasteiger partial charge on any atom is 0.349 e. The van der Waals surface area contributed by atoms with E-state index < -0.39 is 16.0 Å². The molecule has 1 aromatic heterocycles. The van der Waals surface area contributed by atoms with E-state index in [1.165, 1.54) is 18.5 Å². The quantitative estimate of drug-likeness (QED) is 0.712. The minimum Gasteiger partial charge on any atom is -0.465 e. The lowest BCUT2D eigenvalue weighted by molar-refractivity contribution is 0.0602. The average molecular weight is 335 g/mol. The van der Waals surface area contributed by atoms with E-state index in [2.05, 4.69) is 4.74 Å². The first-order chi connectivity index (χ1) is 9.81. The Balaban J connectivity index is 3.36. The molecule has 0 N–H and O–H groups in total. The summed E-state index contributed by atoms with van der Waals surface area (Å²) in [5.74, 6) is -0.637. The summed E-state index contributed by atoms with van der Waals surface area (Å²) >= 11 is 1.08.